The molecule has 0 aliphatic carbocycles. The number of carbonyl (C=O) groups is 1. The lowest BCUT2D eigenvalue weighted by molar-refractivity contribution is -0.137. The minimum Gasteiger partial charge on any atom is -0.491 e. The quantitative estimate of drug-likeness (QED) is 0.497. The zero-order valence-electron chi connectivity index (χ0n) is 16.8. The summed E-state index contributed by atoms with van der Waals surface area (Å²) in [6.45, 7) is 2.51. The van der Waals surface area contributed by atoms with Crippen molar-refractivity contribution in [3.8, 4) is 11.5 Å². The number of anilines is 1. The number of nitrogens with zero attached hydrogens (tertiary/aromatic N) is 1. The Morgan fingerprint density at radius 2 is 1.84 bits per heavy atom. The van der Waals surface area contributed by atoms with E-state index in [1.807, 2.05) is 13.0 Å². The second-order valence-corrected chi connectivity index (χ2v) is 6.69. The van der Waals surface area contributed by atoms with Crippen molar-refractivity contribution in [3.05, 3.63) is 83.7 Å². The van der Waals surface area contributed by atoms with Crippen LogP contribution in [0.25, 0.3) is 0 Å². The molecule has 0 fully saturated rings. The summed E-state index contributed by atoms with van der Waals surface area (Å²) in [5.74, 6) is 0.172. The van der Waals surface area contributed by atoms with Gasteiger partial charge in [-0.15, -0.1) is 0 Å². The molecule has 0 radical (unpaired) electrons. The Hall–Kier alpha value is -3.55. The molecule has 0 aliphatic heterocycles. The number of benzene rings is 2. The van der Waals surface area contributed by atoms with Crippen molar-refractivity contribution in [2.75, 3.05) is 11.9 Å². The van der Waals surface area contributed by atoms with Crippen LogP contribution in [0.5, 0.6) is 11.5 Å². The van der Waals surface area contributed by atoms with Crippen LogP contribution >= 0.6 is 0 Å². The lowest BCUT2D eigenvalue weighted by atomic mass is 10.1. The molecule has 0 unspecified atom stereocenters. The molecule has 2 aromatic carbocycles. The number of carbonyl (C=O) groups excluding carboxylic acids is 1. The largest absolute Gasteiger partial charge is 0.491 e. The highest BCUT2D eigenvalue weighted by molar-refractivity contribution is 6.05. The Labute approximate surface area is 177 Å². The molecule has 31 heavy (non-hydrogen) atoms. The van der Waals surface area contributed by atoms with E-state index >= 15 is 0 Å². The molecule has 3 aromatic rings. The molecule has 1 amide bonds. The number of hydrogen-bond donors (Lipinski definition) is 1. The molecule has 1 aromatic heterocycles. The summed E-state index contributed by atoms with van der Waals surface area (Å²) in [4.78, 5) is 16.6. The fourth-order valence-electron chi connectivity index (χ4n) is 2.69. The van der Waals surface area contributed by atoms with Crippen LogP contribution in [0, 0.1) is 0 Å². The van der Waals surface area contributed by atoms with Crippen LogP contribution in [0.1, 0.15) is 34.8 Å². The minimum absolute atomic E-state index is 0.0369. The van der Waals surface area contributed by atoms with Crippen LogP contribution in [0.2, 0.25) is 0 Å². The summed E-state index contributed by atoms with van der Waals surface area (Å²) < 4.78 is 50.4. The molecular formula is C23H21F3N2O3. The molecule has 3 rings (SSSR count). The number of alkyl halides is 3. The highest BCUT2D eigenvalue weighted by Crippen LogP contribution is 2.35. The van der Waals surface area contributed by atoms with Gasteiger partial charge in [-0.3, -0.25) is 9.78 Å². The highest BCUT2D eigenvalue weighted by Gasteiger charge is 2.31. The number of hydrogen-bond acceptors (Lipinski definition) is 4. The van der Waals surface area contributed by atoms with Crippen LogP contribution < -0.4 is 14.8 Å². The molecule has 1 N–H and O–H groups in total. The van der Waals surface area contributed by atoms with E-state index < -0.39 is 17.6 Å². The van der Waals surface area contributed by atoms with E-state index in [4.69, 9.17) is 9.47 Å². The van der Waals surface area contributed by atoms with Crippen LogP contribution in [-0.2, 0) is 12.8 Å². The first kappa shape index (κ1) is 22.1. The summed E-state index contributed by atoms with van der Waals surface area (Å²) in [7, 11) is 0. The van der Waals surface area contributed by atoms with Gasteiger partial charge in [0, 0.05) is 23.5 Å². The molecular weight excluding hydrogens is 409 g/mol. The third-order valence-electron chi connectivity index (χ3n) is 4.26. The first-order valence-corrected chi connectivity index (χ1v) is 9.64. The van der Waals surface area contributed by atoms with Gasteiger partial charge in [0.15, 0.2) is 0 Å². The maximum absolute atomic E-state index is 13.1. The lowest BCUT2D eigenvalue weighted by Crippen LogP contribution is -2.14. The molecule has 1 heterocycles. The molecule has 8 heteroatoms. The molecule has 0 aliphatic rings. The van der Waals surface area contributed by atoms with E-state index in [1.54, 1.807) is 30.6 Å². The molecule has 0 bridgehead atoms. The van der Waals surface area contributed by atoms with Crippen molar-refractivity contribution in [2.45, 2.75) is 26.1 Å². The Morgan fingerprint density at radius 1 is 1.06 bits per heavy atom. The van der Waals surface area contributed by atoms with Gasteiger partial charge in [0.25, 0.3) is 5.91 Å². The van der Waals surface area contributed by atoms with Crippen molar-refractivity contribution in [3.63, 3.8) is 0 Å². The maximum Gasteiger partial charge on any atom is 0.416 e. The van der Waals surface area contributed by atoms with Crippen molar-refractivity contribution in [1.29, 1.82) is 0 Å². The highest BCUT2D eigenvalue weighted by atomic mass is 19.4. The predicted molar refractivity (Wildman–Crippen MR) is 110 cm³/mol. The number of halogens is 3. The average Bonchev–Trinajstić information content (AvgIpc) is 2.77. The van der Waals surface area contributed by atoms with Gasteiger partial charge in [-0.25, -0.2) is 0 Å². The SMILES string of the molecule is CCCOc1ccc(C(F)(F)F)cc1NC(=O)c1ccc(OCc2cccnc2)cc1. The van der Waals surface area contributed by atoms with Crippen molar-refractivity contribution < 1.29 is 27.4 Å². The molecule has 162 valence electrons. The van der Waals surface area contributed by atoms with Crippen LogP contribution in [0.4, 0.5) is 18.9 Å². The van der Waals surface area contributed by atoms with E-state index in [0.717, 1.165) is 17.7 Å². The van der Waals surface area contributed by atoms with E-state index in [9.17, 15) is 18.0 Å². The summed E-state index contributed by atoms with van der Waals surface area (Å²) in [6.07, 6.45) is -0.500. The van der Waals surface area contributed by atoms with Crippen molar-refractivity contribution >= 4 is 11.6 Å². The average molecular weight is 430 g/mol. The number of pyridine rings is 1. The third-order valence-corrected chi connectivity index (χ3v) is 4.26. The first-order valence-electron chi connectivity index (χ1n) is 9.64. The summed E-state index contributed by atoms with van der Waals surface area (Å²) >= 11 is 0. The second-order valence-electron chi connectivity index (χ2n) is 6.69. The monoisotopic (exact) mass is 430 g/mol. The molecule has 5 nitrogen and oxygen atoms in total. The number of aromatic nitrogens is 1. The number of rotatable bonds is 8. The zero-order chi connectivity index (χ0) is 22.3. The van der Waals surface area contributed by atoms with E-state index in [-0.39, 0.29) is 17.0 Å². The van der Waals surface area contributed by atoms with Crippen LogP contribution in [0.15, 0.2) is 67.0 Å². The van der Waals surface area contributed by atoms with Crippen LogP contribution in [-0.4, -0.2) is 17.5 Å². The molecule has 0 spiro atoms. The van der Waals surface area contributed by atoms with Gasteiger partial charge >= 0.3 is 6.18 Å². The van der Waals surface area contributed by atoms with Crippen molar-refractivity contribution in [2.24, 2.45) is 0 Å². The normalized spacial score (nSPS) is 11.1. The molecule has 0 saturated heterocycles. The van der Waals surface area contributed by atoms with Crippen LogP contribution in [0.3, 0.4) is 0 Å². The van der Waals surface area contributed by atoms with Gasteiger partial charge in [0.05, 0.1) is 17.9 Å². The van der Waals surface area contributed by atoms with Gasteiger partial charge in [-0.2, -0.15) is 13.2 Å². The Kier molecular flexibility index (Phi) is 7.12. The van der Waals surface area contributed by atoms with Crippen molar-refractivity contribution in [1.82, 2.24) is 4.98 Å². The molecule has 0 saturated carbocycles. The Balaban J connectivity index is 1.71. The Bertz CT molecular complexity index is 1010. The third kappa shape index (κ3) is 6.21. The van der Waals surface area contributed by atoms with Gasteiger partial charge in [0.2, 0.25) is 0 Å². The van der Waals surface area contributed by atoms with E-state index in [2.05, 4.69) is 10.3 Å². The smallest absolute Gasteiger partial charge is 0.416 e. The van der Waals surface area contributed by atoms with E-state index in [1.165, 1.54) is 18.2 Å². The summed E-state index contributed by atoms with van der Waals surface area (Å²) in [6, 6.07) is 13.0. The number of nitrogens with one attached hydrogen (secondary N) is 1. The fourth-order valence-corrected chi connectivity index (χ4v) is 2.69. The Morgan fingerprint density at radius 3 is 2.48 bits per heavy atom. The summed E-state index contributed by atoms with van der Waals surface area (Å²) in [5.41, 5.74) is 0.261. The van der Waals surface area contributed by atoms with Gasteiger partial charge < -0.3 is 14.8 Å². The lowest BCUT2D eigenvalue weighted by Gasteiger charge is -2.15. The topological polar surface area (TPSA) is 60.5 Å². The van der Waals surface area contributed by atoms with Gasteiger partial charge in [0.1, 0.15) is 18.1 Å². The number of amides is 1. The predicted octanol–water partition coefficient (Wildman–Crippen LogP) is 5.72. The fraction of sp³-hybridized carbons (Fsp3) is 0.217. The second kappa shape index (κ2) is 9.97. The molecule has 0 atom stereocenters. The maximum atomic E-state index is 13.1. The van der Waals surface area contributed by atoms with E-state index in [0.29, 0.717) is 25.4 Å². The standard InChI is InChI=1S/C23H21F3N2O3/c1-2-12-30-21-10-7-18(23(24,25)26)13-20(21)28-22(29)17-5-8-19(9-6-17)31-15-16-4-3-11-27-14-16/h3-11,13-14H,2,12,15H2,1H3,(H,28,29). The zero-order valence-corrected chi connectivity index (χ0v) is 16.8. The minimum atomic E-state index is -4.53. The summed E-state index contributed by atoms with van der Waals surface area (Å²) in [5, 5.41) is 2.51. The first-order chi connectivity index (χ1) is 14.9. The number of ether oxygens (including phenoxy) is 2. The van der Waals surface area contributed by atoms with Gasteiger partial charge in [-0.05, 0) is 55.0 Å². The van der Waals surface area contributed by atoms with Gasteiger partial charge in [-0.1, -0.05) is 13.0 Å².